The smallest absolute Gasteiger partial charge is 0.317 e. The first kappa shape index (κ1) is 12.6. The van der Waals surface area contributed by atoms with Crippen LogP contribution in [0.5, 0.6) is 0 Å². The molecule has 18 heavy (non-hydrogen) atoms. The van der Waals surface area contributed by atoms with Crippen LogP contribution in [0.15, 0.2) is 12.7 Å². The second-order valence-electron chi connectivity index (χ2n) is 4.06. The van der Waals surface area contributed by atoms with Crippen LogP contribution in [0.2, 0.25) is 0 Å². The molecule has 0 saturated carbocycles. The van der Waals surface area contributed by atoms with Gasteiger partial charge in [0.25, 0.3) is 0 Å². The highest BCUT2D eigenvalue weighted by Gasteiger charge is 2.27. The first-order valence-electron chi connectivity index (χ1n) is 5.85. The zero-order chi connectivity index (χ0) is 13.0. The highest BCUT2D eigenvalue weighted by Crippen LogP contribution is 2.18. The number of H-pyrrole nitrogens is 1. The van der Waals surface area contributed by atoms with Crippen molar-refractivity contribution in [2.24, 2.45) is 0 Å². The fourth-order valence-electron chi connectivity index (χ4n) is 1.77. The Morgan fingerprint density at radius 3 is 3.28 bits per heavy atom. The van der Waals surface area contributed by atoms with Crippen LogP contribution in [0, 0.1) is 6.92 Å². The van der Waals surface area contributed by atoms with Crippen molar-refractivity contribution in [3.63, 3.8) is 0 Å². The van der Waals surface area contributed by atoms with Crippen molar-refractivity contribution in [3.8, 4) is 0 Å². The highest BCUT2D eigenvalue weighted by molar-refractivity contribution is 5.74. The number of carbonyl (C=O) groups excluding carboxylic acids is 1. The van der Waals surface area contributed by atoms with Gasteiger partial charge in [0.15, 0.2) is 5.82 Å². The van der Waals surface area contributed by atoms with E-state index in [1.807, 2.05) is 6.92 Å². The van der Waals surface area contributed by atoms with E-state index in [1.165, 1.54) is 0 Å². The topological polar surface area (TPSA) is 83.1 Å². The maximum Gasteiger partial charge on any atom is 0.317 e. The molecule has 1 aliphatic heterocycles. The normalized spacial score (nSPS) is 19.6. The van der Waals surface area contributed by atoms with Crippen molar-refractivity contribution in [2.45, 2.75) is 13.0 Å². The molecule has 98 valence electrons. The lowest BCUT2D eigenvalue weighted by molar-refractivity contribution is -0.0197. The van der Waals surface area contributed by atoms with Crippen LogP contribution in [0.3, 0.4) is 0 Å². The summed E-state index contributed by atoms with van der Waals surface area (Å²) in [6.07, 6.45) is 1.38. The molecular formula is C11H17N5O2. The largest absolute Gasteiger partial charge is 0.366 e. The number of amides is 2. The number of morpholine rings is 1. The van der Waals surface area contributed by atoms with Gasteiger partial charge in [0.05, 0.1) is 13.2 Å². The van der Waals surface area contributed by atoms with Gasteiger partial charge in [-0.2, -0.15) is 5.10 Å². The molecule has 0 unspecified atom stereocenters. The lowest BCUT2D eigenvalue weighted by Crippen LogP contribution is -2.47. The zero-order valence-corrected chi connectivity index (χ0v) is 10.3. The number of hydrogen-bond donors (Lipinski definition) is 2. The average Bonchev–Trinajstić information content (AvgIpc) is 2.83. The molecule has 2 rings (SSSR count). The second kappa shape index (κ2) is 5.63. The summed E-state index contributed by atoms with van der Waals surface area (Å²) in [6.45, 7) is 7.36. The van der Waals surface area contributed by atoms with Crippen molar-refractivity contribution < 1.29 is 9.53 Å². The minimum Gasteiger partial charge on any atom is -0.366 e. The van der Waals surface area contributed by atoms with E-state index in [0.717, 1.165) is 5.82 Å². The van der Waals surface area contributed by atoms with E-state index in [-0.39, 0.29) is 12.1 Å². The number of aryl methyl sites for hydroxylation is 1. The number of nitrogens with zero attached hydrogens (tertiary/aromatic N) is 3. The van der Waals surface area contributed by atoms with Gasteiger partial charge in [-0.25, -0.2) is 9.78 Å². The van der Waals surface area contributed by atoms with Crippen LogP contribution in [-0.2, 0) is 4.74 Å². The van der Waals surface area contributed by atoms with E-state index in [4.69, 9.17) is 4.74 Å². The Bertz CT molecular complexity index is 431. The lowest BCUT2D eigenvalue weighted by atomic mass is 10.2. The first-order chi connectivity index (χ1) is 8.70. The molecule has 0 bridgehead atoms. The van der Waals surface area contributed by atoms with E-state index in [9.17, 15) is 4.79 Å². The summed E-state index contributed by atoms with van der Waals surface area (Å²) in [5.74, 6) is 1.33. The van der Waals surface area contributed by atoms with Gasteiger partial charge in [-0.3, -0.25) is 5.10 Å². The van der Waals surface area contributed by atoms with Crippen molar-refractivity contribution in [3.05, 3.63) is 24.3 Å². The molecular weight excluding hydrogens is 234 g/mol. The van der Waals surface area contributed by atoms with Gasteiger partial charge >= 0.3 is 6.03 Å². The first-order valence-corrected chi connectivity index (χ1v) is 5.85. The van der Waals surface area contributed by atoms with E-state index < -0.39 is 0 Å². The predicted molar refractivity (Wildman–Crippen MR) is 65.0 cm³/mol. The van der Waals surface area contributed by atoms with Gasteiger partial charge in [0.1, 0.15) is 11.9 Å². The van der Waals surface area contributed by atoms with Gasteiger partial charge in [0.2, 0.25) is 0 Å². The molecule has 0 spiro atoms. The van der Waals surface area contributed by atoms with Crippen LogP contribution in [0.1, 0.15) is 17.8 Å². The molecule has 1 aromatic heterocycles. The maximum atomic E-state index is 11.8. The summed E-state index contributed by atoms with van der Waals surface area (Å²) in [5.41, 5.74) is 0. The van der Waals surface area contributed by atoms with Crippen molar-refractivity contribution in [1.29, 1.82) is 0 Å². The van der Waals surface area contributed by atoms with Gasteiger partial charge in [-0.1, -0.05) is 6.08 Å². The molecule has 0 aromatic carbocycles. The number of aromatic amines is 1. The summed E-state index contributed by atoms with van der Waals surface area (Å²) >= 11 is 0. The summed E-state index contributed by atoms with van der Waals surface area (Å²) in [5, 5.41) is 9.57. The third-order valence-electron chi connectivity index (χ3n) is 2.65. The summed E-state index contributed by atoms with van der Waals surface area (Å²) in [7, 11) is 0. The van der Waals surface area contributed by atoms with E-state index in [2.05, 4.69) is 27.1 Å². The number of nitrogens with one attached hydrogen (secondary N) is 2. The minimum atomic E-state index is -0.266. The third kappa shape index (κ3) is 2.86. The monoisotopic (exact) mass is 251 g/mol. The fraction of sp³-hybridized carbons (Fsp3) is 0.545. The molecule has 7 nitrogen and oxygen atoms in total. The third-order valence-corrected chi connectivity index (χ3v) is 2.65. The summed E-state index contributed by atoms with van der Waals surface area (Å²) < 4.78 is 5.58. The Balaban J connectivity index is 1.96. The van der Waals surface area contributed by atoms with Gasteiger partial charge in [-0.05, 0) is 6.92 Å². The summed E-state index contributed by atoms with van der Waals surface area (Å²) in [4.78, 5) is 17.7. The minimum absolute atomic E-state index is 0.115. The number of aromatic nitrogens is 3. The maximum absolute atomic E-state index is 11.8. The van der Waals surface area contributed by atoms with E-state index in [0.29, 0.717) is 32.1 Å². The van der Waals surface area contributed by atoms with Crippen LogP contribution >= 0.6 is 0 Å². The number of urea groups is 1. The molecule has 1 atom stereocenters. The molecule has 1 fully saturated rings. The van der Waals surface area contributed by atoms with Gasteiger partial charge < -0.3 is 15.0 Å². The molecule has 2 heterocycles. The molecule has 2 N–H and O–H groups in total. The second-order valence-corrected chi connectivity index (χ2v) is 4.06. The van der Waals surface area contributed by atoms with Gasteiger partial charge in [0, 0.05) is 13.1 Å². The van der Waals surface area contributed by atoms with Crippen LogP contribution < -0.4 is 5.32 Å². The van der Waals surface area contributed by atoms with Crippen LogP contribution in [0.4, 0.5) is 4.79 Å². The molecule has 0 aliphatic carbocycles. The van der Waals surface area contributed by atoms with Crippen LogP contribution in [-0.4, -0.2) is 52.4 Å². The van der Waals surface area contributed by atoms with Crippen molar-refractivity contribution in [1.82, 2.24) is 25.4 Å². The predicted octanol–water partition coefficient (Wildman–Crippen LogP) is 0.382. The Hall–Kier alpha value is -1.89. The van der Waals surface area contributed by atoms with E-state index >= 15 is 0 Å². The van der Waals surface area contributed by atoms with Crippen LogP contribution in [0.25, 0.3) is 0 Å². The Morgan fingerprint density at radius 2 is 2.61 bits per heavy atom. The SMILES string of the molecule is C=CCNC(=O)N1CCO[C@@H](c2n[nH]c(C)n2)C1. The number of rotatable bonds is 3. The van der Waals surface area contributed by atoms with E-state index in [1.54, 1.807) is 11.0 Å². The molecule has 2 amide bonds. The Morgan fingerprint density at radius 1 is 1.78 bits per heavy atom. The molecule has 1 aromatic rings. The summed E-state index contributed by atoms with van der Waals surface area (Å²) in [6, 6.07) is -0.115. The Labute approximate surface area is 105 Å². The number of carbonyl (C=O) groups is 1. The molecule has 0 radical (unpaired) electrons. The quantitative estimate of drug-likeness (QED) is 0.761. The zero-order valence-electron chi connectivity index (χ0n) is 10.3. The average molecular weight is 251 g/mol. The fourth-order valence-corrected chi connectivity index (χ4v) is 1.77. The Kier molecular flexibility index (Phi) is 3.93. The number of hydrogen-bond acceptors (Lipinski definition) is 4. The highest BCUT2D eigenvalue weighted by atomic mass is 16.5. The standard InChI is InChI=1S/C11H17N5O2/c1-3-4-12-11(17)16-5-6-18-9(7-16)10-13-8(2)14-15-10/h3,9H,1,4-7H2,2H3,(H,12,17)(H,13,14,15)/t9-/m1/s1. The molecule has 1 aliphatic rings. The van der Waals surface area contributed by atoms with Crippen molar-refractivity contribution >= 4 is 6.03 Å². The number of ether oxygens (including phenoxy) is 1. The van der Waals surface area contributed by atoms with Crippen molar-refractivity contribution in [2.75, 3.05) is 26.2 Å². The lowest BCUT2D eigenvalue weighted by Gasteiger charge is -2.31. The van der Waals surface area contributed by atoms with Gasteiger partial charge in [-0.15, -0.1) is 6.58 Å². The molecule has 7 heteroatoms. The molecule has 1 saturated heterocycles.